The minimum absolute atomic E-state index is 0.163. The standard InChI is InChI=1S/C16H27NO2/c1-6-18-16(19-7-2)11-17-14(5)15-9-8-12(3)13(4)10-15/h8-10,14,16-17H,6-7,11H2,1-5H3. The fraction of sp³-hybridized carbons (Fsp3) is 0.625. The van der Waals surface area contributed by atoms with Gasteiger partial charge in [-0.15, -0.1) is 0 Å². The Hall–Kier alpha value is -0.900. The van der Waals surface area contributed by atoms with Crippen LogP contribution in [0.3, 0.4) is 0 Å². The average molecular weight is 265 g/mol. The Morgan fingerprint density at radius 2 is 1.68 bits per heavy atom. The third kappa shape index (κ3) is 5.31. The van der Waals surface area contributed by atoms with Crippen LogP contribution < -0.4 is 5.32 Å². The Morgan fingerprint density at radius 3 is 2.21 bits per heavy atom. The number of nitrogens with one attached hydrogen (secondary N) is 1. The maximum absolute atomic E-state index is 5.53. The second-order valence-electron chi connectivity index (χ2n) is 4.81. The molecule has 1 N–H and O–H groups in total. The summed E-state index contributed by atoms with van der Waals surface area (Å²) in [5.74, 6) is 0. The second kappa shape index (κ2) is 8.31. The summed E-state index contributed by atoms with van der Waals surface area (Å²) in [6, 6.07) is 6.88. The van der Waals surface area contributed by atoms with Crippen LogP contribution in [0, 0.1) is 13.8 Å². The Bertz CT molecular complexity index is 373. The average Bonchev–Trinajstić information content (AvgIpc) is 2.39. The van der Waals surface area contributed by atoms with Gasteiger partial charge in [0.25, 0.3) is 0 Å². The number of hydrogen-bond donors (Lipinski definition) is 1. The van der Waals surface area contributed by atoms with Crippen LogP contribution in [0.5, 0.6) is 0 Å². The third-order valence-corrected chi connectivity index (χ3v) is 3.33. The lowest BCUT2D eigenvalue weighted by molar-refractivity contribution is -0.133. The molecule has 0 aliphatic heterocycles. The molecule has 0 spiro atoms. The monoisotopic (exact) mass is 265 g/mol. The molecule has 1 unspecified atom stereocenters. The van der Waals surface area contributed by atoms with E-state index in [0.717, 1.165) is 0 Å². The van der Waals surface area contributed by atoms with E-state index in [0.29, 0.717) is 25.8 Å². The van der Waals surface area contributed by atoms with Crippen LogP contribution in [0.25, 0.3) is 0 Å². The minimum Gasteiger partial charge on any atom is -0.352 e. The largest absolute Gasteiger partial charge is 0.352 e. The zero-order valence-corrected chi connectivity index (χ0v) is 12.8. The predicted octanol–water partition coefficient (Wildman–Crippen LogP) is 3.35. The molecule has 3 heteroatoms. The molecule has 0 aliphatic rings. The fourth-order valence-electron chi connectivity index (χ4n) is 1.96. The molecule has 1 aromatic carbocycles. The second-order valence-corrected chi connectivity index (χ2v) is 4.81. The topological polar surface area (TPSA) is 30.5 Å². The van der Waals surface area contributed by atoms with Crippen LogP contribution in [0.15, 0.2) is 18.2 Å². The van der Waals surface area contributed by atoms with Crippen molar-refractivity contribution in [2.24, 2.45) is 0 Å². The van der Waals surface area contributed by atoms with Crippen molar-refractivity contribution >= 4 is 0 Å². The van der Waals surface area contributed by atoms with E-state index < -0.39 is 0 Å². The van der Waals surface area contributed by atoms with E-state index in [-0.39, 0.29) is 6.29 Å². The van der Waals surface area contributed by atoms with E-state index in [1.54, 1.807) is 0 Å². The summed E-state index contributed by atoms with van der Waals surface area (Å²) in [5, 5.41) is 3.47. The van der Waals surface area contributed by atoms with Gasteiger partial charge in [0.05, 0.1) is 0 Å². The molecule has 0 radical (unpaired) electrons. The van der Waals surface area contributed by atoms with Crippen molar-refractivity contribution < 1.29 is 9.47 Å². The molecule has 0 fully saturated rings. The van der Waals surface area contributed by atoms with E-state index in [4.69, 9.17) is 9.47 Å². The molecule has 0 saturated heterocycles. The van der Waals surface area contributed by atoms with Crippen LogP contribution in [0.1, 0.15) is 43.5 Å². The summed E-state index contributed by atoms with van der Waals surface area (Å²) in [4.78, 5) is 0. The first-order chi connectivity index (χ1) is 9.08. The molecule has 0 amide bonds. The molecule has 19 heavy (non-hydrogen) atoms. The molecule has 0 saturated carbocycles. The van der Waals surface area contributed by atoms with Gasteiger partial charge >= 0.3 is 0 Å². The Kier molecular flexibility index (Phi) is 7.06. The maximum Gasteiger partial charge on any atom is 0.169 e. The van der Waals surface area contributed by atoms with Crippen LogP contribution in [0.2, 0.25) is 0 Å². The third-order valence-electron chi connectivity index (χ3n) is 3.33. The molecule has 0 heterocycles. The highest BCUT2D eigenvalue weighted by Gasteiger charge is 2.11. The smallest absolute Gasteiger partial charge is 0.169 e. The van der Waals surface area contributed by atoms with Crippen LogP contribution >= 0.6 is 0 Å². The van der Waals surface area contributed by atoms with Gasteiger partial charge in [-0.1, -0.05) is 18.2 Å². The lowest BCUT2D eigenvalue weighted by Gasteiger charge is -2.21. The highest BCUT2D eigenvalue weighted by atomic mass is 16.7. The van der Waals surface area contributed by atoms with Gasteiger partial charge in [0.1, 0.15) is 0 Å². The first kappa shape index (κ1) is 16.2. The van der Waals surface area contributed by atoms with Crippen LogP contribution in [-0.2, 0) is 9.47 Å². The normalized spacial score (nSPS) is 12.9. The Morgan fingerprint density at radius 1 is 1.05 bits per heavy atom. The first-order valence-corrected chi connectivity index (χ1v) is 7.12. The summed E-state index contributed by atoms with van der Waals surface area (Å²) >= 11 is 0. The highest BCUT2D eigenvalue weighted by molar-refractivity contribution is 5.31. The molecule has 0 aliphatic carbocycles. The summed E-state index contributed by atoms with van der Waals surface area (Å²) in [5.41, 5.74) is 3.96. The van der Waals surface area contributed by atoms with Crippen LogP contribution in [-0.4, -0.2) is 26.0 Å². The Labute approximate surface area is 117 Å². The quantitative estimate of drug-likeness (QED) is 0.731. The van der Waals surface area contributed by atoms with Crippen molar-refractivity contribution in [1.29, 1.82) is 0 Å². The number of ether oxygens (including phenoxy) is 2. The highest BCUT2D eigenvalue weighted by Crippen LogP contribution is 2.16. The zero-order valence-electron chi connectivity index (χ0n) is 12.8. The molecule has 0 aromatic heterocycles. The predicted molar refractivity (Wildman–Crippen MR) is 79.4 cm³/mol. The van der Waals surface area contributed by atoms with E-state index in [9.17, 15) is 0 Å². The van der Waals surface area contributed by atoms with E-state index in [2.05, 4.69) is 44.3 Å². The molecular formula is C16H27NO2. The molecule has 1 aromatic rings. The summed E-state index contributed by atoms with van der Waals surface area (Å²) in [6.45, 7) is 12.5. The van der Waals surface area contributed by atoms with Crippen molar-refractivity contribution in [2.45, 2.75) is 47.0 Å². The lowest BCUT2D eigenvalue weighted by atomic mass is 10.0. The van der Waals surface area contributed by atoms with Gasteiger partial charge in [-0.05, 0) is 51.3 Å². The number of rotatable bonds is 8. The number of benzene rings is 1. The maximum atomic E-state index is 5.53. The van der Waals surface area contributed by atoms with Crippen molar-refractivity contribution in [3.05, 3.63) is 34.9 Å². The van der Waals surface area contributed by atoms with Crippen molar-refractivity contribution in [3.63, 3.8) is 0 Å². The number of hydrogen-bond acceptors (Lipinski definition) is 3. The van der Waals surface area contributed by atoms with E-state index in [1.165, 1.54) is 16.7 Å². The molecule has 3 nitrogen and oxygen atoms in total. The molecular weight excluding hydrogens is 238 g/mol. The van der Waals surface area contributed by atoms with Gasteiger partial charge in [0.2, 0.25) is 0 Å². The summed E-state index contributed by atoms with van der Waals surface area (Å²) in [6.07, 6.45) is -0.163. The lowest BCUT2D eigenvalue weighted by Crippen LogP contribution is -2.33. The molecule has 1 atom stereocenters. The fourth-order valence-corrected chi connectivity index (χ4v) is 1.96. The summed E-state index contributed by atoms with van der Waals surface area (Å²) < 4.78 is 11.1. The van der Waals surface area contributed by atoms with Crippen molar-refractivity contribution in [1.82, 2.24) is 5.32 Å². The van der Waals surface area contributed by atoms with Gasteiger partial charge in [-0.3, -0.25) is 0 Å². The van der Waals surface area contributed by atoms with Gasteiger partial charge in [-0.2, -0.15) is 0 Å². The van der Waals surface area contributed by atoms with Gasteiger partial charge in [0.15, 0.2) is 6.29 Å². The number of aryl methyl sites for hydroxylation is 2. The SMILES string of the molecule is CCOC(CNC(C)c1ccc(C)c(C)c1)OCC. The minimum atomic E-state index is -0.163. The van der Waals surface area contributed by atoms with Gasteiger partial charge in [0, 0.05) is 25.8 Å². The first-order valence-electron chi connectivity index (χ1n) is 7.12. The van der Waals surface area contributed by atoms with Gasteiger partial charge < -0.3 is 14.8 Å². The molecule has 108 valence electrons. The van der Waals surface area contributed by atoms with E-state index in [1.807, 2.05) is 13.8 Å². The zero-order chi connectivity index (χ0) is 14.3. The van der Waals surface area contributed by atoms with Gasteiger partial charge in [-0.25, -0.2) is 0 Å². The van der Waals surface area contributed by atoms with Crippen LogP contribution in [0.4, 0.5) is 0 Å². The molecule has 0 bridgehead atoms. The molecule has 1 rings (SSSR count). The van der Waals surface area contributed by atoms with Crippen molar-refractivity contribution in [3.8, 4) is 0 Å². The summed E-state index contributed by atoms with van der Waals surface area (Å²) in [7, 11) is 0. The Balaban J connectivity index is 2.53. The van der Waals surface area contributed by atoms with E-state index >= 15 is 0 Å². The van der Waals surface area contributed by atoms with Crippen molar-refractivity contribution in [2.75, 3.05) is 19.8 Å².